The van der Waals surface area contributed by atoms with Crippen molar-refractivity contribution in [2.45, 2.75) is 198 Å². The average molecular weight is 2110 g/mol. The van der Waals surface area contributed by atoms with Gasteiger partial charge in [-0.15, -0.1) is 0 Å². The predicted molar refractivity (Wildman–Crippen MR) is 548 cm³/mol. The van der Waals surface area contributed by atoms with E-state index in [4.69, 9.17) is 102 Å². The van der Waals surface area contributed by atoms with Gasteiger partial charge in [-0.25, -0.2) is 43.2 Å². The van der Waals surface area contributed by atoms with Crippen LogP contribution in [0.5, 0.6) is 0 Å². The summed E-state index contributed by atoms with van der Waals surface area (Å²) in [5.74, 6) is -7.22. The molecule has 0 saturated carbocycles. The zero-order chi connectivity index (χ0) is 104. The number of benzene rings is 2. The number of carboxylic acid groups (broad SMARTS) is 1. The standard InChI is InChI=1S/C24H31BO11.C16H26NO4P.C12H28NO6P.C12H20O6.C10H14O4.C9H14O6.C8H10O4.7CH4/c1-12-13(2)33-15(11-26)21(29)24(12,25)36-23-19(17(28)18(32-3)20(35-23)22(30)31)34-16(27)10-9-14-7-5-4-6-8-14;1-17-22(3,21-15-14-19-13-12-18-2)20-11-7-10-16-8-5-4-6-9-16;1-13-20(4,18-11-9-16-7-5-14-2)19-12-10-17-8-6-15-3;1-5-7-8(13)9(14)10(12(16-4)17-7)18-11(15)6(2)3;1-7(2)9(11)13-5-6-14-10(12)8(3)4;1-7(11)6-15-9(13)3-2-8(12)14-5-4-10;1-3-7(9)11-5-6-12-8(10)4-2;;;;;;;/h4-10,12-13,15,17-21,23,26,28-29H,11H2,1-3H3,(H,30,31);4-10H,11-15H2,1-3H3;5-12H2,1-4H3;7-10,12-14H,2,5H2,1,3-4H3;1,3,5-6H2,2,4H3;2-3,7,10-11H,4-6H2,1H3;3-4H,1-2,5-6H2;7*1H4/b;10-7+;;;;;;;;;;;;/t12?,13-,15?,17-,18?,19?,20?,21?,23-,24-;;;7?,8-,9-,10?,12+;;;;;;;;;;/m0..1........../s1. The third-order valence-corrected chi connectivity index (χ3v) is 22.1. The Kier molecular flexibility index (Phi) is 96.1. The van der Waals surface area contributed by atoms with Crippen molar-refractivity contribution in [1.29, 1.82) is 0 Å². The molecule has 832 valence electrons. The Balaban J connectivity index is -0.000000216. The van der Waals surface area contributed by atoms with Gasteiger partial charge in [0.1, 0.15) is 84.1 Å². The number of aliphatic hydroxyl groups is 7. The van der Waals surface area contributed by atoms with E-state index in [1.165, 1.54) is 34.1 Å². The van der Waals surface area contributed by atoms with Gasteiger partial charge in [0.2, 0.25) is 15.0 Å². The van der Waals surface area contributed by atoms with Crippen LogP contribution in [0.1, 0.15) is 118 Å². The Morgan fingerprint density at radius 2 is 0.896 bits per heavy atom. The lowest BCUT2D eigenvalue weighted by molar-refractivity contribution is -0.342. The number of methoxy groups -OCH3 is 5. The van der Waals surface area contributed by atoms with E-state index in [-0.39, 0.29) is 104 Å². The molecular weight excluding hydrogens is 1930 g/mol. The zero-order valence-electron chi connectivity index (χ0n) is 81.1. The Morgan fingerprint density at radius 1 is 0.486 bits per heavy atom. The number of carbonyl (C=O) groups excluding carboxylic acids is 8. The monoisotopic (exact) mass is 2110 g/mol. The minimum absolute atomic E-state index is 0. The molecule has 0 spiro atoms. The van der Waals surface area contributed by atoms with Gasteiger partial charge in [-0.3, -0.25) is 9.49 Å². The van der Waals surface area contributed by atoms with E-state index in [1.54, 1.807) is 87.4 Å². The van der Waals surface area contributed by atoms with Crippen LogP contribution in [0, 0.1) is 5.92 Å². The molecule has 0 bridgehead atoms. The van der Waals surface area contributed by atoms with Crippen LogP contribution in [-0.4, -0.2) is 395 Å². The molecule has 2 aromatic rings. The molecule has 3 aliphatic heterocycles. The minimum atomic E-state index is -2.16. The lowest BCUT2D eigenvalue weighted by Crippen LogP contribution is -2.69. The van der Waals surface area contributed by atoms with E-state index in [0.717, 1.165) is 35.9 Å². The van der Waals surface area contributed by atoms with Crippen molar-refractivity contribution >= 4 is 88.7 Å². The van der Waals surface area contributed by atoms with Crippen LogP contribution in [-0.2, 0) is 156 Å². The number of hydrogen-bond donors (Lipinski definition) is 8. The van der Waals surface area contributed by atoms with E-state index in [9.17, 15) is 73.8 Å². The molecule has 43 nitrogen and oxygen atoms in total. The largest absolute Gasteiger partial charge is 0.479 e. The molecule has 5 rings (SSSR count). The summed E-state index contributed by atoms with van der Waals surface area (Å²) in [6.07, 6.45) is -6.02. The van der Waals surface area contributed by atoms with Crippen molar-refractivity contribution in [3.05, 3.63) is 158 Å². The molecule has 17 atom stereocenters. The van der Waals surface area contributed by atoms with Gasteiger partial charge in [0.25, 0.3) is 0 Å². The first-order valence-corrected chi connectivity index (χ1v) is 46.9. The first kappa shape index (κ1) is 153. The number of aliphatic carboxylic acids is 1. The van der Waals surface area contributed by atoms with Crippen molar-refractivity contribution in [3.63, 3.8) is 0 Å². The first-order valence-electron chi connectivity index (χ1n) is 42.9. The Morgan fingerprint density at radius 3 is 1.28 bits per heavy atom. The van der Waals surface area contributed by atoms with Gasteiger partial charge in [-0.2, -0.15) is 0 Å². The maximum absolute atomic E-state index is 12.6. The van der Waals surface area contributed by atoms with E-state index in [0.29, 0.717) is 109 Å². The highest BCUT2D eigenvalue weighted by atomic mass is 31.2. The van der Waals surface area contributed by atoms with Crippen LogP contribution < -0.4 is 0 Å². The highest BCUT2D eigenvalue weighted by molar-refractivity contribution is 7.55. The molecule has 144 heavy (non-hydrogen) atoms. The molecule has 10 unspecified atom stereocenters. The van der Waals surface area contributed by atoms with Crippen molar-refractivity contribution in [2.75, 3.05) is 202 Å². The summed E-state index contributed by atoms with van der Waals surface area (Å²) >= 11 is 0. The normalized spacial score (nSPS) is 21.0. The summed E-state index contributed by atoms with van der Waals surface area (Å²) in [7, 11) is 13.0. The summed E-state index contributed by atoms with van der Waals surface area (Å²) in [5.41, 5.74) is 0.763. The fourth-order valence-electron chi connectivity index (χ4n) is 10.4. The Hall–Kier alpha value is -8.81. The van der Waals surface area contributed by atoms with Crippen molar-refractivity contribution < 1.29 is 197 Å². The van der Waals surface area contributed by atoms with Crippen LogP contribution in [0.4, 0.5) is 0 Å². The smallest absolute Gasteiger partial charge is 0.335 e. The molecule has 3 heterocycles. The average Bonchev–Trinajstić information content (AvgIpc) is 0.751. The lowest BCUT2D eigenvalue weighted by atomic mass is 9.63. The number of carboxylic acids is 1. The molecule has 0 aliphatic carbocycles. The second-order valence-electron chi connectivity index (χ2n) is 28.9. The molecule has 2 radical (unpaired) electrons. The predicted octanol–water partition coefficient (Wildman–Crippen LogP) is 9.88. The molecular formula is C98H171BN2O41P2. The van der Waals surface area contributed by atoms with Gasteiger partial charge in [0.05, 0.1) is 123 Å². The van der Waals surface area contributed by atoms with Crippen LogP contribution in [0.2, 0.25) is 0 Å². The highest BCUT2D eigenvalue weighted by Crippen LogP contribution is 2.48. The summed E-state index contributed by atoms with van der Waals surface area (Å²) in [6, 6.07) is 19.0. The summed E-state index contributed by atoms with van der Waals surface area (Å²) in [4.78, 5) is 100. The molecule has 3 fully saturated rings. The maximum Gasteiger partial charge on any atom is 0.335 e. The fourth-order valence-corrected chi connectivity index (χ4v) is 12.6. The molecule has 46 heteroatoms. The molecule has 3 aliphatic rings. The van der Waals surface area contributed by atoms with Crippen molar-refractivity contribution in [2.24, 2.45) is 15.4 Å². The third-order valence-electron chi connectivity index (χ3n) is 18.0. The maximum atomic E-state index is 12.6. The molecule has 0 amide bonds. The minimum Gasteiger partial charge on any atom is -0.479 e. The van der Waals surface area contributed by atoms with Gasteiger partial charge in [0.15, 0.2) is 30.9 Å². The number of esters is 8. The van der Waals surface area contributed by atoms with Crippen LogP contribution in [0.15, 0.2) is 156 Å². The van der Waals surface area contributed by atoms with E-state index in [2.05, 4.69) is 70.8 Å². The lowest BCUT2D eigenvalue weighted by Gasteiger charge is -2.53. The Labute approximate surface area is 854 Å². The van der Waals surface area contributed by atoms with E-state index in [1.807, 2.05) is 68.8 Å². The number of ether oxygens (including phenoxy) is 20. The van der Waals surface area contributed by atoms with Gasteiger partial charge in [-0.05, 0) is 58.2 Å². The number of hydrogen-bond acceptors (Lipinski definition) is 42. The topological polar surface area (TPSA) is 562 Å². The van der Waals surface area contributed by atoms with Crippen LogP contribution >= 0.6 is 15.0 Å². The van der Waals surface area contributed by atoms with Gasteiger partial charge < -0.3 is 154 Å². The number of carbonyl (C=O) groups is 9. The van der Waals surface area contributed by atoms with Crippen molar-refractivity contribution in [1.82, 2.24) is 0 Å². The zero-order valence-corrected chi connectivity index (χ0v) is 82.8. The van der Waals surface area contributed by atoms with E-state index >= 15 is 0 Å². The molecule has 0 aromatic heterocycles. The molecule has 8 N–H and O–H groups in total. The quantitative estimate of drug-likeness (QED) is 0.00762. The Bertz CT molecular complexity index is 3960. The summed E-state index contributed by atoms with van der Waals surface area (Å²) in [5, 5.41) is 77.9. The number of aliphatic hydroxyl groups excluding tert-OH is 7. The van der Waals surface area contributed by atoms with Crippen LogP contribution in [0.25, 0.3) is 12.2 Å². The van der Waals surface area contributed by atoms with Gasteiger partial charge in [0, 0.05) is 116 Å². The van der Waals surface area contributed by atoms with E-state index < -0.39 is 173 Å². The fraction of sp³-hybridized carbons (Fsp3) is 0.622. The summed E-state index contributed by atoms with van der Waals surface area (Å²) < 4.78 is 132. The molecule has 3 saturated heterocycles. The van der Waals surface area contributed by atoms with Gasteiger partial charge in [-0.1, -0.05) is 172 Å². The summed E-state index contributed by atoms with van der Waals surface area (Å²) in [6.45, 7) is 37.4. The second kappa shape index (κ2) is 90.5. The molecule has 2 aromatic carbocycles. The van der Waals surface area contributed by atoms with Crippen LogP contribution in [0.3, 0.4) is 0 Å². The first-order chi connectivity index (χ1) is 65.0. The third kappa shape index (κ3) is 67.1. The SMILES string of the molecule is C.C.C.C.C.C.C.C=C(C)C(=O)OC1[C@@H](OC)OC(CC)[C@@H](O)[C@H]1O.C=C(C)C(=O)OCCOC(=O)C(=C)C.C=CC(=O)OCCOC(=O)C=C.CC(O)COC(=O)C=CC(=O)OCCO.CN=P(C)(OC/C=C/c1ccccc1)OCCOCCOC.CN=P(C)(OCCOCCOC)OCCOCCOC.[B][C@@]1(O[C@@H]2OC(C(=O)O)C(OC)[C@H](O)C2OC(=O)C=Cc2ccccc2)C(O)C(CO)O[C@@H](C)C1C. The second-order valence-corrected chi connectivity index (χ2v) is 33.9. The van der Waals surface area contributed by atoms with Crippen molar-refractivity contribution in [3.8, 4) is 0 Å². The highest BCUT2D eigenvalue weighted by Gasteiger charge is 2.57. The number of nitrogens with zero attached hydrogens (tertiary/aromatic N) is 2. The number of rotatable bonds is 53. The van der Waals surface area contributed by atoms with Gasteiger partial charge >= 0.3 is 53.7 Å².